The van der Waals surface area contributed by atoms with Crippen molar-refractivity contribution in [1.82, 2.24) is 3.97 Å². The quantitative estimate of drug-likeness (QED) is 0.684. The molecule has 0 spiro atoms. The maximum atomic E-state index is 13.1. The van der Waals surface area contributed by atoms with Gasteiger partial charge in [-0.05, 0) is 36.8 Å². The van der Waals surface area contributed by atoms with Gasteiger partial charge in [-0.25, -0.2) is 12.4 Å². The minimum Gasteiger partial charge on any atom is -0.291 e. The molecule has 0 saturated heterocycles. The number of Topliss-reactive ketones (excluding diaryl/α,β-unsaturated/α-hetero) is 1. The minimum absolute atomic E-state index is 0.00435. The zero-order chi connectivity index (χ0) is 17.3. The van der Waals surface area contributed by atoms with Gasteiger partial charge in [0.25, 0.3) is 10.0 Å². The number of aryl methyl sites for hydroxylation is 1. The highest BCUT2D eigenvalue weighted by Crippen LogP contribution is 2.28. The Morgan fingerprint density at radius 2 is 1.83 bits per heavy atom. The van der Waals surface area contributed by atoms with Crippen LogP contribution in [0.3, 0.4) is 0 Å². The molecule has 0 bridgehead atoms. The average molecular weight is 338 g/mol. The van der Waals surface area contributed by atoms with Gasteiger partial charge in [-0.1, -0.05) is 30.3 Å². The van der Waals surface area contributed by atoms with Crippen molar-refractivity contribution in [2.75, 3.05) is 0 Å². The van der Waals surface area contributed by atoms with Crippen LogP contribution in [-0.4, -0.2) is 18.2 Å². The summed E-state index contributed by atoms with van der Waals surface area (Å²) < 4.78 is 27.2. The number of hydrogen-bond donors (Lipinski definition) is 0. The molecule has 0 radical (unpaired) electrons. The van der Waals surface area contributed by atoms with Gasteiger partial charge in [0.15, 0.2) is 5.78 Å². The lowest BCUT2D eigenvalue weighted by molar-refractivity contribution is 0.0992. The standard InChI is InChI=1S/C18H14N2O3S/c1-13-6-5-9-16-15(13)12-17(18(21)10-11-19)20(16)24(22,23)14-7-3-2-4-8-14/h2-9,12H,10H2,1H3. The highest BCUT2D eigenvalue weighted by atomic mass is 32.2. The summed E-state index contributed by atoms with van der Waals surface area (Å²) in [5, 5.41) is 9.49. The number of carbonyl (C=O) groups excluding carboxylic acids is 1. The largest absolute Gasteiger partial charge is 0.291 e. The third kappa shape index (κ3) is 2.49. The summed E-state index contributed by atoms with van der Waals surface area (Å²) in [6, 6.07) is 16.5. The first-order valence-electron chi connectivity index (χ1n) is 7.28. The first-order valence-corrected chi connectivity index (χ1v) is 8.72. The second-order valence-electron chi connectivity index (χ2n) is 5.38. The van der Waals surface area contributed by atoms with E-state index in [0.717, 1.165) is 9.54 Å². The molecule has 0 atom stereocenters. The number of carbonyl (C=O) groups is 1. The molecule has 0 saturated carbocycles. The highest BCUT2D eigenvalue weighted by molar-refractivity contribution is 7.90. The van der Waals surface area contributed by atoms with E-state index in [9.17, 15) is 13.2 Å². The van der Waals surface area contributed by atoms with Crippen LogP contribution in [0.5, 0.6) is 0 Å². The molecule has 2 aromatic carbocycles. The Hall–Kier alpha value is -2.91. The molecule has 1 heterocycles. The number of benzene rings is 2. The number of hydrogen-bond acceptors (Lipinski definition) is 4. The number of fused-ring (bicyclic) bond motifs is 1. The zero-order valence-electron chi connectivity index (χ0n) is 12.9. The number of nitrogens with zero attached hydrogens (tertiary/aromatic N) is 2. The number of aromatic nitrogens is 1. The molecule has 6 heteroatoms. The molecular weight excluding hydrogens is 324 g/mol. The monoisotopic (exact) mass is 338 g/mol. The van der Waals surface area contributed by atoms with Crippen LogP contribution in [0.4, 0.5) is 0 Å². The van der Waals surface area contributed by atoms with Crippen molar-refractivity contribution in [2.24, 2.45) is 0 Å². The van der Waals surface area contributed by atoms with E-state index in [1.54, 1.807) is 42.5 Å². The second kappa shape index (κ2) is 5.95. The van der Waals surface area contributed by atoms with Crippen LogP contribution >= 0.6 is 0 Å². The molecule has 3 aromatic rings. The van der Waals surface area contributed by atoms with E-state index >= 15 is 0 Å². The van der Waals surface area contributed by atoms with Gasteiger partial charge in [0, 0.05) is 5.39 Å². The summed E-state index contributed by atoms with van der Waals surface area (Å²) >= 11 is 0. The Morgan fingerprint density at radius 3 is 2.50 bits per heavy atom. The molecule has 5 nitrogen and oxygen atoms in total. The summed E-state index contributed by atoms with van der Waals surface area (Å²) in [6.45, 7) is 1.85. The fourth-order valence-corrected chi connectivity index (χ4v) is 4.21. The van der Waals surface area contributed by atoms with Gasteiger partial charge in [-0.3, -0.25) is 4.79 Å². The smallest absolute Gasteiger partial charge is 0.268 e. The van der Waals surface area contributed by atoms with Crippen LogP contribution in [0, 0.1) is 18.3 Å². The minimum atomic E-state index is -3.95. The molecule has 0 N–H and O–H groups in total. The van der Waals surface area contributed by atoms with Crippen molar-refractivity contribution in [3.8, 4) is 6.07 Å². The SMILES string of the molecule is Cc1cccc2c1cc(C(=O)CC#N)n2S(=O)(=O)c1ccccc1. The zero-order valence-corrected chi connectivity index (χ0v) is 13.7. The maximum Gasteiger partial charge on any atom is 0.268 e. The first kappa shape index (κ1) is 16.0. The molecule has 120 valence electrons. The maximum absolute atomic E-state index is 13.1. The van der Waals surface area contributed by atoms with Gasteiger partial charge in [0.1, 0.15) is 12.1 Å². The summed E-state index contributed by atoms with van der Waals surface area (Å²) in [7, 11) is -3.95. The van der Waals surface area contributed by atoms with E-state index < -0.39 is 15.8 Å². The molecule has 0 aliphatic rings. The van der Waals surface area contributed by atoms with Gasteiger partial charge in [0.05, 0.1) is 16.5 Å². The van der Waals surface area contributed by atoms with Gasteiger partial charge in [-0.2, -0.15) is 5.26 Å². The Labute approximate surface area is 139 Å². The van der Waals surface area contributed by atoms with Crippen LogP contribution < -0.4 is 0 Å². The lowest BCUT2D eigenvalue weighted by atomic mass is 10.1. The first-order chi connectivity index (χ1) is 11.5. The summed E-state index contributed by atoms with van der Waals surface area (Å²) in [5.41, 5.74) is 1.30. The van der Waals surface area contributed by atoms with Crippen LogP contribution in [0.2, 0.25) is 0 Å². The topological polar surface area (TPSA) is 79.9 Å². The average Bonchev–Trinajstić information content (AvgIpc) is 2.98. The van der Waals surface area contributed by atoms with E-state index in [-0.39, 0.29) is 17.0 Å². The molecule has 0 fully saturated rings. The molecule has 3 rings (SSSR count). The number of ketones is 1. The molecule has 24 heavy (non-hydrogen) atoms. The normalized spacial score (nSPS) is 11.3. The van der Waals surface area contributed by atoms with E-state index in [1.807, 2.05) is 13.0 Å². The Bertz CT molecular complexity index is 1070. The third-order valence-corrected chi connectivity index (χ3v) is 5.57. The van der Waals surface area contributed by atoms with Crippen molar-refractivity contribution < 1.29 is 13.2 Å². The van der Waals surface area contributed by atoms with Crippen LogP contribution in [-0.2, 0) is 10.0 Å². The molecule has 0 aliphatic heterocycles. The van der Waals surface area contributed by atoms with Gasteiger partial charge in [0.2, 0.25) is 0 Å². The molecule has 0 aliphatic carbocycles. The van der Waals surface area contributed by atoms with Gasteiger partial charge >= 0.3 is 0 Å². The van der Waals surface area contributed by atoms with Gasteiger partial charge < -0.3 is 0 Å². The van der Waals surface area contributed by atoms with Crippen molar-refractivity contribution in [3.05, 3.63) is 65.9 Å². The number of rotatable bonds is 4. The lowest BCUT2D eigenvalue weighted by Gasteiger charge is -2.11. The number of nitriles is 1. The van der Waals surface area contributed by atoms with E-state index in [1.165, 1.54) is 12.1 Å². The molecular formula is C18H14N2O3S. The van der Waals surface area contributed by atoms with Crippen LogP contribution in [0.25, 0.3) is 10.9 Å². The van der Waals surface area contributed by atoms with Crippen molar-refractivity contribution >= 4 is 26.7 Å². The fourth-order valence-electron chi connectivity index (χ4n) is 2.67. The Morgan fingerprint density at radius 1 is 1.12 bits per heavy atom. The van der Waals surface area contributed by atoms with Crippen molar-refractivity contribution in [3.63, 3.8) is 0 Å². The van der Waals surface area contributed by atoms with E-state index in [0.29, 0.717) is 10.9 Å². The predicted octanol–water partition coefficient (Wildman–Crippen LogP) is 3.28. The van der Waals surface area contributed by atoms with Crippen molar-refractivity contribution in [2.45, 2.75) is 18.2 Å². The van der Waals surface area contributed by atoms with Crippen LogP contribution in [0.1, 0.15) is 22.5 Å². The van der Waals surface area contributed by atoms with Crippen molar-refractivity contribution in [1.29, 1.82) is 5.26 Å². The molecule has 0 unspecified atom stereocenters. The highest BCUT2D eigenvalue weighted by Gasteiger charge is 2.26. The Balaban J connectivity index is 2.38. The summed E-state index contributed by atoms with van der Waals surface area (Å²) in [4.78, 5) is 12.4. The third-order valence-electron chi connectivity index (χ3n) is 3.83. The molecule has 1 aromatic heterocycles. The van der Waals surface area contributed by atoms with E-state index in [2.05, 4.69) is 0 Å². The summed E-state index contributed by atoms with van der Waals surface area (Å²) in [5.74, 6) is -0.521. The Kier molecular flexibility index (Phi) is 3.96. The predicted molar refractivity (Wildman–Crippen MR) is 90.3 cm³/mol. The lowest BCUT2D eigenvalue weighted by Crippen LogP contribution is -2.18. The summed E-state index contributed by atoms with van der Waals surface area (Å²) in [6.07, 6.45) is -0.375. The fraction of sp³-hybridized carbons (Fsp3) is 0.111. The van der Waals surface area contributed by atoms with E-state index in [4.69, 9.17) is 5.26 Å². The molecule has 0 amide bonds. The van der Waals surface area contributed by atoms with Gasteiger partial charge in [-0.15, -0.1) is 0 Å². The second-order valence-corrected chi connectivity index (χ2v) is 7.16. The van der Waals surface area contributed by atoms with Crippen LogP contribution in [0.15, 0.2) is 59.5 Å².